The normalized spacial score (nSPS) is 14.3. The van der Waals surface area contributed by atoms with Gasteiger partial charge < -0.3 is 24.8 Å². The number of carbonyl (C=O) groups is 2. The van der Waals surface area contributed by atoms with Crippen LogP contribution in [0.5, 0.6) is 11.6 Å². The number of nitrogens with zero attached hydrogens (tertiary/aromatic N) is 2. The molecule has 0 unspecified atom stereocenters. The summed E-state index contributed by atoms with van der Waals surface area (Å²) in [6.45, 7) is 2.06. The Bertz CT molecular complexity index is 790. The molecule has 8 nitrogen and oxygen atoms in total. The zero-order chi connectivity index (χ0) is 20.5. The first kappa shape index (κ1) is 20.4. The first-order chi connectivity index (χ1) is 14.1. The average molecular weight is 399 g/mol. The summed E-state index contributed by atoms with van der Waals surface area (Å²) in [5.41, 5.74) is 0.853. The molecule has 0 bridgehead atoms. The fraction of sp³-hybridized carbons (Fsp3) is 0.381. The third-order valence-electron chi connectivity index (χ3n) is 4.72. The molecule has 8 heteroatoms. The maximum atomic E-state index is 12.2. The van der Waals surface area contributed by atoms with Gasteiger partial charge in [-0.15, -0.1) is 0 Å². The lowest BCUT2D eigenvalue weighted by Crippen LogP contribution is -2.45. The predicted octanol–water partition coefficient (Wildman–Crippen LogP) is 2.55. The lowest BCUT2D eigenvalue weighted by atomic mass is 9.97. The van der Waals surface area contributed by atoms with E-state index in [-0.39, 0.29) is 11.9 Å². The van der Waals surface area contributed by atoms with E-state index in [1.54, 1.807) is 17.2 Å². The molecule has 0 atom stereocenters. The summed E-state index contributed by atoms with van der Waals surface area (Å²) < 4.78 is 11.1. The SMILES string of the molecule is O=C(O)C1CCN(C(=O)NCc2ccc(OCCOc3ccccc3)nc2)CC1. The van der Waals surface area contributed by atoms with E-state index < -0.39 is 5.97 Å². The third-order valence-corrected chi connectivity index (χ3v) is 4.72. The monoisotopic (exact) mass is 399 g/mol. The van der Waals surface area contributed by atoms with Crippen molar-refractivity contribution in [3.63, 3.8) is 0 Å². The Balaban J connectivity index is 1.35. The topological polar surface area (TPSA) is 101 Å². The van der Waals surface area contributed by atoms with Crippen LogP contribution in [-0.2, 0) is 11.3 Å². The van der Waals surface area contributed by atoms with E-state index in [9.17, 15) is 9.59 Å². The third kappa shape index (κ3) is 6.38. The van der Waals surface area contributed by atoms with Gasteiger partial charge in [0.05, 0.1) is 5.92 Å². The molecule has 3 rings (SSSR count). The van der Waals surface area contributed by atoms with Crippen LogP contribution in [0.3, 0.4) is 0 Å². The smallest absolute Gasteiger partial charge is 0.317 e. The number of urea groups is 1. The molecule has 2 amide bonds. The second-order valence-corrected chi connectivity index (χ2v) is 6.77. The maximum absolute atomic E-state index is 12.2. The summed E-state index contributed by atoms with van der Waals surface area (Å²) in [5.74, 6) is 0.147. The second kappa shape index (κ2) is 10.3. The van der Waals surface area contributed by atoms with Gasteiger partial charge >= 0.3 is 12.0 Å². The summed E-state index contributed by atoms with van der Waals surface area (Å²) in [7, 11) is 0. The van der Waals surface area contributed by atoms with Crippen molar-refractivity contribution in [1.29, 1.82) is 0 Å². The van der Waals surface area contributed by atoms with Crippen LogP contribution >= 0.6 is 0 Å². The molecule has 29 heavy (non-hydrogen) atoms. The highest BCUT2D eigenvalue weighted by molar-refractivity contribution is 5.75. The number of likely N-dealkylation sites (tertiary alicyclic amines) is 1. The number of ether oxygens (including phenoxy) is 2. The minimum atomic E-state index is -0.787. The number of benzene rings is 1. The Kier molecular flexibility index (Phi) is 7.27. The number of hydrogen-bond acceptors (Lipinski definition) is 5. The van der Waals surface area contributed by atoms with Crippen LogP contribution in [-0.4, -0.2) is 53.3 Å². The van der Waals surface area contributed by atoms with Gasteiger partial charge in [-0.2, -0.15) is 0 Å². The van der Waals surface area contributed by atoms with Gasteiger partial charge in [-0.05, 0) is 30.5 Å². The van der Waals surface area contributed by atoms with Crippen molar-refractivity contribution in [3.8, 4) is 11.6 Å². The van der Waals surface area contributed by atoms with Crippen LogP contribution < -0.4 is 14.8 Å². The molecular weight excluding hydrogens is 374 g/mol. The number of aromatic nitrogens is 1. The molecule has 0 aliphatic carbocycles. The summed E-state index contributed by atoms with van der Waals surface area (Å²) in [5, 5.41) is 11.9. The number of carbonyl (C=O) groups excluding carboxylic acids is 1. The van der Waals surface area contributed by atoms with Gasteiger partial charge in [0.25, 0.3) is 0 Å². The number of rotatable bonds is 8. The lowest BCUT2D eigenvalue weighted by molar-refractivity contribution is -0.143. The molecule has 1 aliphatic heterocycles. The van der Waals surface area contributed by atoms with E-state index in [0.717, 1.165) is 11.3 Å². The molecule has 1 saturated heterocycles. The zero-order valence-corrected chi connectivity index (χ0v) is 16.1. The molecule has 1 fully saturated rings. The van der Waals surface area contributed by atoms with Gasteiger partial charge in [-0.3, -0.25) is 4.79 Å². The van der Waals surface area contributed by atoms with Gasteiger partial charge in [-0.1, -0.05) is 24.3 Å². The summed E-state index contributed by atoms with van der Waals surface area (Å²) in [6.07, 6.45) is 2.64. The van der Waals surface area contributed by atoms with Crippen molar-refractivity contribution in [2.75, 3.05) is 26.3 Å². The van der Waals surface area contributed by atoms with Crippen molar-refractivity contribution in [1.82, 2.24) is 15.2 Å². The molecule has 2 N–H and O–H groups in total. The molecule has 2 heterocycles. The summed E-state index contributed by atoms with van der Waals surface area (Å²) in [4.78, 5) is 29.1. The molecule has 0 spiro atoms. The minimum Gasteiger partial charge on any atom is -0.490 e. The van der Waals surface area contributed by atoms with Gasteiger partial charge in [0.2, 0.25) is 5.88 Å². The maximum Gasteiger partial charge on any atom is 0.317 e. The number of piperidine rings is 1. The molecule has 1 aromatic heterocycles. The highest BCUT2D eigenvalue weighted by Gasteiger charge is 2.26. The van der Waals surface area contributed by atoms with Gasteiger partial charge in [0.15, 0.2) is 0 Å². The molecule has 154 valence electrons. The number of para-hydroxylation sites is 1. The molecule has 1 aromatic carbocycles. The van der Waals surface area contributed by atoms with E-state index in [0.29, 0.717) is 51.6 Å². The summed E-state index contributed by atoms with van der Waals surface area (Å²) >= 11 is 0. The largest absolute Gasteiger partial charge is 0.490 e. The number of carboxylic acids is 1. The Morgan fingerprint density at radius 1 is 1.07 bits per heavy atom. The zero-order valence-electron chi connectivity index (χ0n) is 16.1. The standard InChI is InChI=1S/C21H25N3O5/c25-20(26)17-8-10-24(11-9-17)21(27)23-15-16-6-7-19(22-14-16)29-13-12-28-18-4-2-1-3-5-18/h1-7,14,17H,8-13,15H2,(H,23,27)(H,25,26). The van der Waals surface area contributed by atoms with Gasteiger partial charge in [0.1, 0.15) is 19.0 Å². The minimum absolute atomic E-state index is 0.188. The van der Waals surface area contributed by atoms with Crippen molar-refractivity contribution >= 4 is 12.0 Å². The number of amides is 2. The van der Waals surface area contributed by atoms with Crippen molar-refractivity contribution in [2.24, 2.45) is 5.92 Å². The molecule has 0 radical (unpaired) electrons. The van der Waals surface area contributed by atoms with E-state index in [1.807, 2.05) is 36.4 Å². The molecule has 2 aromatic rings. The van der Waals surface area contributed by atoms with Crippen molar-refractivity contribution in [2.45, 2.75) is 19.4 Å². The highest BCUT2D eigenvalue weighted by Crippen LogP contribution is 2.17. The van der Waals surface area contributed by atoms with Crippen molar-refractivity contribution < 1.29 is 24.2 Å². The molecule has 0 saturated carbocycles. The van der Waals surface area contributed by atoms with E-state index in [1.165, 1.54) is 0 Å². The van der Waals surface area contributed by atoms with E-state index in [4.69, 9.17) is 14.6 Å². The fourth-order valence-electron chi connectivity index (χ4n) is 3.04. The first-order valence-electron chi connectivity index (χ1n) is 9.63. The number of nitrogens with one attached hydrogen (secondary N) is 1. The second-order valence-electron chi connectivity index (χ2n) is 6.77. The molecular formula is C21H25N3O5. The van der Waals surface area contributed by atoms with Crippen LogP contribution in [0.2, 0.25) is 0 Å². The summed E-state index contributed by atoms with van der Waals surface area (Å²) in [6, 6.07) is 12.9. The van der Waals surface area contributed by atoms with E-state index in [2.05, 4.69) is 10.3 Å². The van der Waals surface area contributed by atoms with Crippen LogP contribution in [0.25, 0.3) is 0 Å². The fourth-order valence-corrected chi connectivity index (χ4v) is 3.04. The number of aliphatic carboxylic acids is 1. The number of pyridine rings is 1. The van der Waals surface area contributed by atoms with Crippen LogP contribution in [0.15, 0.2) is 48.7 Å². The average Bonchev–Trinajstić information content (AvgIpc) is 2.76. The highest BCUT2D eigenvalue weighted by atomic mass is 16.5. The number of hydrogen-bond donors (Lipinski definition) is 2. The Hall–Kier alpha value is -3.29. The van der Waals surface area contributed by atoms with Gasteiger partial charge in [0, 0.05) is 31.9 Å². The van der Waals surface area contributed by atoms with Crippen LogP contribution in [0, 0.1) is 5.92 Å². The van der Waals surface area contributed by atoms with Gasteiger partial charge in [-0.25, -0.2) is 9.78 Å². The van der Waals surface area contributed by atoms with Crippen LogP contribution in [0.4, 0.5) is 4.79 Å². The lowest BCUT2D eigenvalue weighted by Gasteiger charge is -2.30. The van der Waals surface area contributed by atoms with Crippen molar-refractivity contribution in [3.05, 3.63) is 54.2 Å². The van der Waals surface area contributed by atoms with Crippen LogP contribution in [0.1, 0.15) is 18.4 Å². The number of carboxylic acid groups (broad SMARTS) is 1. The predicted molar refractivity (Wildman–Crippen MR) is 106 cm³/mol. The Morgan fingerprint density at radius 2 is 1.79 bits per heavy atom. The van der Waals surface area contributed by atoms with E-state index >= 15 is 0 Å². The quantitative estimate of drug-likeness (QED) is 0.662. The Morgan fingerprint density at radius 3 is 2.45 bits per heavy atom. The first-order valence-corrected chi connectivity index (χ1v) is 9.63. The molecule has 1 aliphatic rings. The Labute approximate surface area is 169 Å².